The van der Waals surface area contributed by atoms with E-state index >= 15 is 0 Å². The van der Waals surface area contributed by atoms with E-state index in [0.717, 1.165) is 16.0 Å². The van der Waals surface area contributed by atoms with Crippen LogP contribution in [0.4, 0.5) is 5.00 Å². The van der Waals surface area contributed by atoms with Gasteiger partial charge in [0.15, 0.2) is 6.61 Å². The van der Waals surface area contributed by atoms with Crippen molar-refractivity contribution in [3.63, 3.8) is 0 Å². The van der Waals surface area contributed by atoms with Gasteiger partial charge >= 0.3 is 5.97 Å². The highest BCUT2D eigenvalue weighted by Gasteiger charge is 2.25. The predicted octanol–water partition coefficient (Wildman–Crippen LogP) is 6.53. The van der Waals surface area contributed by atoms with E-state index in [2.05, 4.69) is 5.32 Å². The number of esters is 1. The van der Waals surface area contributed by atoms with Crippen molar-refractivity contribution in [1.29, 1.82) is 0 Å². The second-order valence-corrected chi connectivity index (χ2v) is 8.81. The molecule has 2 aromatic carbocycles. The molecule has 31 heavy (non-hydrogen) atoms. The maximum atomic E-state index is 12.7. The first-order chi connectivity index (χ1) is 14.8. The highest BCUT2D eigenvalue weighted by molar-refractivity contribution is 7.17. The van der Waals surface area contributed by atoms with Crippen LogP contribution >= 0.6 is 34.5 Å². The Morgan fingerprint density at radius 2 is 1.71 bits per heavy atom. The van der Waals surface area contributed by atoms with Gasteiger partial charge in [0.25, 0.3) is 5.91 Å². The highest BCUT2D eigenvalue weighted by Crippen LogP contribution is 2.40. The number of thiophene rings is 1. The van der Waals surface area contributed by atoms with Crippen LogP contribution in [0.25, 0.3) is 11.1 Å². The summed E-state index contributed by atoms with van der Waals surface area (Å²) in [4.78, 5) is 26.2. The molecule has 1 N–H and O–H groups in total. The van der Waals surface area contributed by atoms with Crippen molar-refractivity contribution in [3.8, 4) is 16.9 Å². The van der Waals surface area contributed by atoms with E-state index in [1.807, 2.05) is 26.0 Å². The quantitative estimate of drug-likeness (QED) is 0.392. The monoisotopic (exact) mass is 477 g/mol. The number of rotatable bonds is 7. The smallest absolute Gasteiger partial charge is 0.341 e. The van der Waals surface area contributed by atoms with Gasteiger partial charge in [-0.25, -0.2) is 4.79 Å². The van der Waals surface area contributed by atoms with E-state index in [4.69, 9.17) is 32.7 Å². The molecule has 0 radical (unpaired) electrons. The summed E-state index contributed by atoms with van der Waals surface area (Å²) < 4.78 is 10.9. The number of carbonyl (C=O) groups excluding carboxylic acids is 2. The third-order valence-corrected chi connectivity index (χ3v) is 5.95. The van der Waals surface area contributed by atoms with Gasteiger partial charge in [0.05, 0.1) is 6.61 Å². The Kier molecular flexibility index (Phi) is 7.59. The standard InChI is InChI=1S/C23H21Cl2NO4S/c1-4-29-23(28)21-20(15-5-7-16(24)8-6-15)14(3)31-22(21)26-19(27)12-30-18-10-9-17(25)11-13(18)2/h5-11H,4,12H2,1-3H3,(H,26,27). The maximum absolute atomic E-state index is 12.7. The Balaban J connectivity index is 1.86. The fourth-order valence-corrected chi connectivity index (χ4v) is 4.51. The molecular formula is C23H21Cl2NO4S. The summed E-state index contributed by atoms with van der Waals surface area (Å²) in [6, 6.07) is 12.3. The van der Waals surface area contributed by atoms with Gasteiger partial charge < -0.3 is 14.8 Å². The van der Waals surface area contributed by atoms with Crippen LogP contribution in [-0.4, -0.2) is 25.1 Å². The highest BCUT2D eigenvalue weighted by atomic mass is 35.5. The molecule has 3 rings (SSSR count). The topological polar surface area (TPSA) is 64.6 Å². The molecule has 162 valence electrons. The summed E-state index contributed by atoms with van der Waals surface area (Å²) >= 11 is 13.3. The zero-order valence-corrected chi connectivity index (χ0v) is 19.6. The number of nitrogens with one attached hydrogen (secondary N) is 1. The molecule has 8 heteroatoms. The van der Waals surface area contributed by atoms with Crippen molar-refractivity contribution >= 4 is 51.4 Å². The first-order valence-corrected chi connectivity index (χ1v) is 11.1. The molecule has 1 heterocycles. The van der Waals surface area contributed by atoms with Gasteiger partial charge in [0, 0.05) is 20.5 Å². The molecule has 0 aliphatic rings. The molecule has 0 bridgehead atoms. The second kappa shape index (κ2) is 10.2. The SMILES string of the molecule is CCOC(=O)c1c(NC(=O)COc2ccc(Cl)cc2C)sc(C)c1-c1ccc(Cl)cc1. The number of anilines is 1. The van der Waals surface area contributed by atoms with Crippen molar-refractivity contribution < 1.29 is 19.1 Å². The van der Waals surface area contributed by atoms with E-state index < -0.39 is 5.97 Å². The van der Waals surface area contributed by atoms with Gasteiger partial charge in [-0.2, -0.15) is 0 Å². The fourth-order valence-electron chi connectivity index (χ4n) is 3.08. The van der Waals surface area contributed by atoms with Crippen molar-refractivity contribution in [1.82, 2.24) is 0 Å². The first kappa shape index (κ1) is 23.1. The summed E-state index contributed by atoms with van der Waals surface area (Å²) in [5.41, 5.74) is 2.67. The lowest BCUT2D eigenvalue weighted by Crippen LogP contribution is -2.21. The number of halogens is 2. The number of aryl methyl sites for hydroxylation is 2. The molecule has 0 atom stereocenters. The van der Waals surface area contributed by atoms with Crippen molar-refractivity contribution in [2.45, 2.75) is 20.8 Å². The zero-order chi connectivity index (χ0) is 22.5. The lowest BCUT2D eigenvalue weighted by molar-refractivity contribution is -0.118. The molecule has 0 saturated carbocycles. The molecular weight excluding hydrogens is 457 g/mol. The molecule has 1 aromatic heterocycles. The minimum Gasteiger partial charge on any atom is -0.483 e. The summed E-state index contributed by atoms with van der Waals surface area (Å²) in [5, 5.41) is 4.40. The molecule has 1 amide bonds. The number of carbonyl (C=O) groups is 2. The van der Waals surface area contributed by atoms with E-state index in [1.165, 1.54) is 11.3 Å². The van der Waals surface area contributed by atoms with E-state index in [-0.39, 0.29) is 19.1 Å². The van der Waals surface area contributed by atoms with E-state index in [9.17, 15) is 9.59 Å². The Hall–Kier alpha value is -2.54. The first-order valence-electron chi connectivity index (χ1n) is 9.55. The van der Waals surface area contributed by atoms with E-state index in [1.54, 1.807) is 37.3 Å². The summed E-state index contributed by atoms with van der Waals surface area (Å²) in [5.74, 6) is -0.320. The van der Waals surface area contributed by atoms with E-state index in [0.29, 0.717) is 31.9 Å². The molecule has 0 spiro atoms. The van der Waals surface area contributed by atoms with Gasteiger partial charge in [-0.15, -0.1) is 11.3 Å². The minimum absolute atomic E-state index is 0.210. The third kappa shape index (κ3) is 5.58. The summed E-state index contributed by atoms with van der Waals surface area (Å²) in [6.07, 6.45) is 0. The van der Waals surface area contributed by atoms with Crippen LogP contribution in [0.1, 0.15) is 27.7 Å². The number of amides is 1. The molecule has 0 fully saturated rings. The number of hydrogen-bond acceptors (Lipinski definition) is 5. The third-order valence-electron chi connectivity index (χ3n) is 4.45. The van der Waals surface area contributed by atoms with Crippen LogP contribution in [0, 0.1) is 13.8 Å². The van der Waals surface area contributed by atoms with Crippen molar-refractivity contribution in [3.05, 3.63) is 68.5 Å². The Labute approximate surface area is 194 Å². The van der Waals surface area contributed by atoms with Gasteiger partial charge in [0.2, 0.25) is 0 Å². The molecule has 3 aromatic rings. The molecule has 5 nitrogen and oxygen atoms in total. The number of benzene rings is 2. The summed E-state index contributed by atoms with van der Waals surface area (Å²) in [6.45, 7) is 5.48. The average Bonchev–Trinajstić information content (AvgIpc) is 3.03. The van der Waals surface area contributed by atoms with Crippen LogP contribution in [0.15, 0.2) is 42.5 Å². The lowest BCUT2D eigenvalue weighted by atomic mass is 10.0. The van der Waals surface area contributed by atoms with Crippen LogP contribution in [-0.2, 0) is 9.53 Å². The van der Waals surface area contributed by atoms with Crippen LogP contribution in [0.2, 0.25) is 10.0 Å². The average molecular weight is 478 g/mol. The number of hydrogen-bond donors (Lipinski definition) is 1. The van der Waals surface area contributed by atoms with Gasteiger partial charge in [-0.1, -0.05) is 35.3 Å². The van der Waals surface area contributed by atoms with Crippen LogP contribution in [0.5, 0.6) is 5.75 Å². The Morgan fingerprint density at radius 3 is 2.35 bits per heavy atom. The minimum atomic E-state index is -0.499. The van der Waals surface area contributed by atoms with Gasteiger partial charge in [0.1, 0.15) is 16.3 Å². The Bertz CT molecular complexity index is 1110. The van der Waals surface area contributed by atoms with Crippen LogP contribution < -0.4 is 10.1 Å². The number of ether oxygens (including phenoxy) is 2. The molecule has 0 aliphatic heterocycles. The van der Waals surface area contributed by atoms with Crippen LogP contribution in [0.3, 0.4) is 0 Å². The fraction of sp³-hybridized carbons (Fsp3) is 0.217. The molecule has 0 saturated heterocycles. The lowest BCUT2D eigenvalue weighted by Gasteiger charge is -2.11. The summed E-state index contributed by atoms with van der Waals surface area (Å²) in [7, 11) is 0. The molecule has 0 unspecified atom stereocenters. The van der Waals surface area contributed by atoms with Gasteiger partial charge in [-0.3, -0.25) is 4.79 Å². The predicted molar refractivity (Wildman–Crippen MR) is 126 cm³/mol. The maximum Gasteiger partial charge on any atom is 0.341 e. The van der Waals surface area contributed by atoms with Crippen molar-refractivity contribution in [2.75, 3.05) is 18.5 Å². The van der Waals surface area contributed by atoms with Gasteiger partial charge in [-0.05, 0) is 62.2 Å². The largest absolute Gasteiger partial charge is 0.483 e. The Morgan fingerprint density at radius 1 is 1.03 bits per heavy atom. The van der Waals surface area contributed by atoms with Crippen molar-refractivity contribution in [2.24, 2.45) is 0 Å². The normalized spacial score (nSPS) is 10.6. The second-order valence-electron chi connectivity index (χ2n) is 6.71. The molecule has 0 aliphatic carbocycles. The zero-order valence-electron chi connectivity index (χ0n) is 17.3.